The first-order valence-corrected chi connectivity index (χ1v) is 15.9. The van der Waals surface area contributed by atoms with E-state index < -0.39 is 27.5 Å². The van der Waals surface area contributed by atoms with Crippen LogP contribution in [0.25, 0.3) is 0 Å². The maximum absolute atomic E-state index is 13.1. The fourth-order valence-electron chi connectivity index (χ4n) is 4.33. The van der Waals surface area contributed by atoms with E-state index in [0.29, 0.717) is 23.2 Å². The first kappa shape index (κ1) is 33.1. The Labute approximate surface area is 252 Å². The van der Waals surface area contributed by atoms with Crippen LogP contribution in [-0.4, -0.2) is 47.6 Å². The van der Waals surface area contributed by atoms with Crippen molar-refractivity contribution in [3.8, 4) is 5.75 Å². The van der Waals surface area contributed by atoms with Crippen molar-refractivity contribution in [2.24, 2.45) is 0 Å². The Morgan fingerprint density at radius 3 is 2.05 bits per heavy atom. The number of benzene rings is 3. The second kappa shape index (κ2) is 15.2. The molecule has 0 bridgehead atoms. The highest BCUT2D eigenvalue weighted by atomic mass is 32.2. The summed E-state index contributed by atoms with van der Waals surface area (Å²) in [7, 11) is -3.59. The van der Waals surface area contributed by atoms with Gasteiger partial charge < -0.3 is 20.4 Å². The van der Waals surface area contributed by atoms with Gasteiger partial charge >= 0.3 is 5.97 Å². The number of aromatic hydroxyl groups is 1. The molecule has 3 rings (SSSR count). The first-order valence-electron chi connectivity index (χ1n) is 14.0. The molecule has 43 heavy (non-hydrogen) atoms. The zero-order valence-corrected chi connectivity index (χ0v) is 25.5. The Hall–Kier alpha value is -4.44. The number of sulfone groups is 1. The van der Waals surface area contributed by atoms with E-state index in [4.69, 9.17) is 0 Å². The summed E-state index contributed by atoms with van der Waals surface area (Å²) in [6, 6.07) is 18.9. The largest absolute Gasteiger partial charge is 0.507 e. The van der Waals surface area contributed by atoms with Crippen LogP contribution in [0, 0.1) is 0 Å². The summed E-state index contributed by atoms with van der Waals surface area (Å²) in [4.78, 5) is 38.6. The number of nitrogens with one attached hydrogen (secondary N) is 1. The molecular weight excluding hydrogens is 568 g/mol. The number of carboxylic acids is 1. The molecule has 0 saturated heterocycles. The number of carboxylic acid groups (broad SMARTS) is 1. The lowest BCUT2D eigenvalue weighted by atomic mass is 10.1. The van der Waals surface area contributed by atoms with E-state index in [1.54, 1.807) is 24.3 Å². The van der Waals surface area contributed by atoms with E-state index in [1.165, 1.54) is 48.4 Å². The minimum Gasteiger partial charge on any atom is -0.507 e. The molecule has 0 unspecified atom stereocenters. The van der Waals surface area contributed by atoms with Crippen LogP contribution in [0.5, 0.6) is 5.75 Å². The molecule has 0 heterocycles. The summed E-state index contributed by atoms with van der Waals surface area (Å²) in [5.74, 6) is -2.57. The number of amides is 2. The summed E-state index contributed by atoms with van der Waals surface area (Å²) < 4.78 is 23.8. The second-order valence-electron chi connectivity index (χ2n) is 10.5. The number of carbonyl (C=O) groups excluding carboxylic acids is 2. The van der Waals surface area contributed by atoms with Crippen LogP contribution >= 0.6 is 0 Å². The molecule has 0 radical (unpaired) electrons. The number of aryl methyl sites for hydroxylation is 1. The summed E-state index contributed by atoms with van der Waals surface area (Å²) >= 11 is 0. The molecule has 0 spiro atoms. The predicted molar refractivity (Wildman–Crippen MR) is 165 cm³/mol. The molecule has 3 N–H and O–H groups in total. The molecule has 9 nitrogen and oxygen atoms in total. The van der Waals surface area contributed by atoms with Gasteiger partial charge in [0.05, 0.1) is 0 Å². The fourth-order valence-corrected chi connectivity index (χ4v) is 4.64. The number of hydrogen-bond donors (Lipinski definition) is 3. The number of carbonyl (C=O) groups is 3. The molecule has 0 aromatic heterocycles. The smallest absolute Gasteiger partial charge is 0.339 e. The highest BCUT2D eigenvalue weighted by molar-refractivity contribution is 7.94. The van der Waals surface area contributed by atoms with E-state index in [-0.39, 0.29) is 29.5 Å². The summed E-state index contributed by atoms with van der Waals surface area (Å²) in [6.45, 7) is 3.89. The van der Waals surface area contributed by atoms with E-state index in [0.717, 1.165) is 30.7 Å². The third-order valence-electron chi connectivity index (χ3n) is 7.02. The van der Waals surface area contributed by atoms with Crippen LogP contribution in [0.4, 0.5) is 0 Å². The fraction of sp³-hybridized carbons (Fsp3) is 0.303. The van der Waals surface area contributed by atoms with Crippen molar-refractivity contribution in [1.29, 1.82) is 0 Å². The van der Waals surface area contributed by atoms with E-state index >= 15 is 0 Å². The Kier molecular flexibility index (Phi) is 11.7. The molecule has 0 aliphatic heterocycles. The van der Waals surface area contributed by atoms with Gasteiger partial charge in [-0.25, -0.2) is 13.2 Å². The van der Waals surface area contributed by atoms with Gasteiger partial charge in [-0.15, -0.1) is 0 Å². The number of aromatic carboxylic acids is 1. The maximum atomic E-state index is 13.1. The molecule has 0 fully saturated rings. The van der Waals surface area contributed by atoms with Gasteiger partial charge in [-0.05, 0) is 66.3 Å². The minimum atomic E-state index is -3.59. The van der Waals surface area contributed by atoms with Crippen LogP contribution in [0.15, 0.2) is 77.7 Å². The molecule has 2 amide bonds. The van der Waals surface area contributed by atoms with E-state index in [2.05, 4.69) is 24.4 Å². The second-order valence-corrected chi connectivity index (χ2v) is 12.7. The molecule has 228 valence electrons. The van der Waals surface area contributed by atoms with Crippen molar-refractivity contribution in [2.45, 2.75) is 59.2 Å². The molecule has 3 aromatic carbocycles. The van der Waals surface area contributed by atoms with Gasteiger partial charge in [0.15, 0.2) is 9.84 Å². The third-order valence-corrected chi connectivity index (χ3v) is 8.31. The lowest BCUT2D eigenvalue weighted by molar-refractivity contribution is -0.127. The van der Waals surface area contributed by atoms with Crippen LogP contribution in [0.1, 0.15) is 76.1 Å². The van der Waals surface area contributed by atoms with Crippen LogP contribution in [-0.2, 0) is 40.7 Å². The number of rotatable bonds is 14. The first-order chi connectivity index (χ1) is 20.4. The maximum Gasteiger partial charge on any atom is 0.339 e. The monoisotopic (exact) mass is 606 g/mol. The number of hydrogen-bond acceptors (Lipinski definition) is 6. The highest BCUT2D eigenvalue weighted by Gasteiger charge is 2.18. The number of phenols is 1. The molecule has 3 aromatic rings. The standard InChI is InChI=1S/C33H38N2O7S/c1-4-5-6-7-24-8-10-25(11-9-24)20-34-32(38)28-15-12-26(13-16-28)21-35(31(37)18-23(2)43(3,41)42)22-27-14-17-30(36)29(19-27)33(39)40/h8-19,36H,4-7,20-22H2,1-3H3,(H,34,38)(H,39,40). The zero-order valence-electron chi connectivity index (χ0n) is 24.7. The van der Waals surface area contributed by atoms with Crippen LogP contribution in [0.2, 0.25) is 0 Å². The van der Waals surface area contributed by atoms with Crippen molar-refractivity contribution in [2.75, 3.05) is 6.26 Å². The van der Waals surface area contributed by atoms with Gasteiger partial charge in [0.1, 0.15) is 11.3 Å². The van der Waals surface area contributed by atoms with Gasteiger partial charge in [-0.3, -0.25) is 9.59 Å². The van der Waals surface area contributed by atoms with Crippen molar-refractivity contribution in [3.63, 3.8) is 0 Å². The topological polar surface area (TPSA) is 141 Å². The lowest BCUT2D eigenvalue weighted by Crippen LogP contribution is -2.29. The van der Waals surface area contributed by atoms with E-state index in [9.17, 15) is 33.0 Å². The van der Waals surface area contributed by atoms with Gasteiger partial charge in [0.2, 0.25) is 5.91 Å². The van der Waals surface area contributed by atoms with Crippen molar-refractivity contribution in [1.82, 2.24) is 10.2 Å². The molecule has 0 aliphatic rings. The molecule has 0 atom stereocenters. The summed E-state index contributed by atoms with van der Waals surface area (Å²) in [5.41, 5.74) is 3.50. The third kappa shape index (κ3) is 10.1. The van der Waals surface area contributed by atoms with Crippen molar-refractivity contribution < 1.29 is 33.0 Å². The average Bonchev–Trinajstić information content (AvgIpc) is 2.97. The van der Waals surface area contributed by atoms with Gasteiger partial charge in [0, 0.05) is 42.4 Å². The molecule has 0 aliphatic carbocycles. The zero-order chi connectivity index (χ0) is 31.6. The SMILES string of the molecule is CCCCCc1ccc(CNC(=O)c2ccc(CN(Cc3ccc(O)c(C(=O)O)c3)C(=O)C=C(C)S(C)(=O)=O)cc2)cc1. The van der Waals surface area contributed by atoms with Crippen molar-refractivity contribution in [3.05, 3.63) is 111 Å². The van der Waals surface area contributed by atoms with Crippen molar-refractivity contribution >= 4 is 27.6 Å². The molecule has 0 saturated carbocycles. The van der Waals surface area contributed by atoms with E-state index in [1.807, 2.05) is 12.1 Å². The Morgan fingerprint density at radius 1 is 0.860 bits per heavy atom. The molecular formula is C33H38N2O7S. The van der Waals surface area contributed by atoms with Gasteiger partial charge in [-0.2, -0.15) is 0 Å². The average molecular weight is 607 g/mol. The minimum absolute atomic E-state index is 0.0490. The number of nitrogens with zero attached hydrogens (tertiary/aromatic N) is 1. The van der Waals surface area contributed by atoms with Gasteiger partial charge in [0.25, 0.3) is 5.91 Å². The molecule has 10 heteroatoms. The number of unbranched alkanes of at least 4 members (excludes halogenated alkanes) is 2. The normalized spacial score (nSPS) is 11.7. The van der Waals surface area contributed by atoms with Crippen LogP contribution in [0.3, 0.4) is 0 Å². The van der Waals surface area contributed by atoms with Gasteiger partial charge in [-0.1, -0.05) is 62.2 Å². The summed E-state index contributed by atoms with van der Waals surface area (Å²) in [6.07, 6.45) is 6.61. The summed E-state index contributed by atoms with van der Waals surface area (Å²) in [5, 5.41) is 22.1. The Balaban J connectivity index is 1.71. The Bertz CT molecular complexity index is 1580. The number of allylic oxidation sites excluding steroid dienone is 1. The quantitative estimate of drug-likeness (QED) is 0.169. The lowest BCUT2D eigenvalue weighted by Gasteiger charge is -2.22. The predicted octanol–water partition coefficient (Wildman–Crippen LogP) is 5.23. The highest BCUT2D eigenvalue weighted by Crippen LogP contribution is 2.21. The van der Waals surface area contributed by atoms with Crippen LogP contribution < -0.4 is 5.32 Å². The Morgan fingerprint density at radius 2 is 1.44 bits per heavy atom.